The third kappa shape index (κ3) is 2.80. The summed E-state index contributed by atoms with van der Waals surface area (Å²) in [5.41, 5.74) is -0.877. The Balaban J connectivity index is 1.48. The number of fused-ring (bicyclic) bond motifs is 3. The number of aliphatic hydroxyl groups is 2. The van der Waals surface area contributed by atoms with Crippen LogP contribution in [0.25, 0.3) is 0 Å². The number of hydrogen-bond donors (Lipinski definition) is 2. The van der Waals surface area contributed by atoms with Gasteiger partial charge in [-0.25, -0.2) is 4.79 Å². The molecule has 0 amide bonds. The zero-order valence-electron chi connectivity index (χ0n) is 18.1. The minimum absolute atomic E-state index is 0.000857. The summed E-state index contributed by atoms with van der Waals surface area (Å²) >= 11 is 1.37. The Morgan fingerprint density at radius 3 is 2.81 bits per heavy atom. The summed E-state index contributed by atoms with van der Waals surface area (Å²) in [5.74, 6) is -0.148. The van der Waals surface area contributed by atoms with Crippen LogP contribution in [0.3, 0.4) is 0 Å². The lowest BCUT2D eigenvalue weighted by molar-refractivity contribution is -0.233. The number of thiophene rings is 1. The molecule has 1 heterocycles. The number of carbonyl (C=O) groups is 2. The van der Waals surface area contributed by atoms with Crippen LogP contribution < -0.4 is 0 Å². The Kier molecular flexibility index (Phi) is 5.00. The van der Waals surface area contributed by atoms with Gasteiger partial charge in [0.15, 0.2) is 5.78 Å². The predicted molar refractivity (Wildman–Crippen MR) is 118 cm³/mol. The number of ether oxygens (including phenoxy) is 1. The molecule has 1 aromatic heterocycles. The van der Waals surface area contributed by atoms with E-state index in [-0.39, 0.29) is 48.1 Å². The van der Waals surface area contributed by atoms with Crippen LogP contribution in [0.2, 0.25) is 0 Å². The number of Topliss-reactive ketones (excluding diaryl/α,β-unsaturated/α-hetero) is 1. The lowest BCUT2D eigenvalue weighted by Crippen LogP contribution is -2.70. The van der Waals surface area contributed by atoms with Crippen molar-refractivity contribution in [2.45, 2.75) is 58.0 Å². The van der Waals surface area contributed by atoms with Crippen molar-refractivity contribution in [3.63, 3.8) is 0 Å². The number of aliphatic hydroxyl groups excluding tert-OH is 2. The summed E-state index contributed by atoms with van der Waals surface area (Å²) in [4.78, 5) is 26.5. The first kappa shape index (κ1) is 21.4. The minimum atomic E-state index is -0.795. The molecule has 5 fully saturated rings. The molecule has 6 heteroatoms. The lowest BCUT2D eigenvalue weighted by atomic mass is 9.35. The topological polar surface area (TPSA) is 83.8 Å². The highest BCUT2D eigenvalue weighted by Crippen LogP contribution is 2.71. The monoisotopic (exact) mass is 444 g/mol. The van der Waals surface area contributed by atoms with Gasteiger partial charge < -0.3 is 14.9 Å². The fraction of sp³-hybridized carbons (Fsp3) is 0.680. The Morgan fingerprint density at radius 2 is 2.10 bits per heavy atom. The maximum absolute atomic E-state index is 13.4. The molecule has 2 bridgehead atoms. The molecule has 1 spiro atoms. The van der Waals surface area contributed by atoms with E-state index in [4.69, 9.17) is 4.74 Å². The highest BCUT2D eigenvalue weighted by Gasteiger charge is 2.71. The zero-order valence-corrected chi connectivity index (χ0v) is 19.0. The Bertz CT molecular complexity index is 909. The predicted octanol–water partition coefficient (Wildman–Crippen LogP) is 4.00. The third-order valence-corrected chi connectivity index (χ3v) is 10.3. The summed E-state index contributed by atoms with van der Waals surface area (Å²) in [5, 5.41) is 24.1. The van der Waals surface area contributed by atoms with Crippen LogP contribution in [0.1, 0.15) is 61.5 Å². The van der Waals surface area contributed by atoms with E-state index in [9.17, 15) is 19.8 Å². The van der Waals surface area contributed by atoms with Crippen LogP contribution in [0, 0.1) is 34.0 Å². The SMILES string of the molecule is C=C1C(=O)C23CCC1CC2[C@]1(CO)CCC[C@@](C)(COC(=O)c2cccs2)C1C[C@H]3O. The molecule has 6 rings (SSSR count). The summed E-state index contributed by atoms with van der Waals surface area (Å²) in [7, 11) is 0. The van der Waals surface area contributed by atoms with Crippen molar-refractivity contribution in [3.8, 4) is 0 Å². The number of hydrogen-bond acceptors (Lipinski definition) is 6. The molecule has 5 aliphatic rings. The highest BCUT2D eigenvalue weighted by atomic mass is 32.1. The first-order valence-corrected chi connectivity index (χ1v) is 12.4. The van der Waals surface area contributed by atoms with Gasteiger partial charge in [-0.1, -0.05) is 26.0 Å². The fourth-order valence-electron chi connectivity index (χ4n) is 7.97. The van der Waals surface area contributed by atoms with Crippen molar-refractivity contribution < 1.29 is 24.5 Å². The molecule has 1 aromatic rings. The average Bonchev–Trinajstić information content (AvgIpc) is 3.31. The van der Waals surface area contributed by atoms with Gasteiger partial charge in [0.05, 0.1) is 18.1 Å². The van der Waals surface area contributed by atoms with E-state index in [2.05, 4.69) is 13.5 Å². The van der Waals surface area contributed by atoms with E-state index in [1.807, 2.05) is 11.4 Å². The van der Waals surface area contributed by atoms with Crippen molar-refractivity contribution in [1.82, 2.24) is 0 Å². The fourth-order valence-corrected chi connectivity index (χ4v) is 8.59. The molecular weight excluding hydrogens is 412 g/mol. The van der Waals surface area contributed by atoms with Gasteiger partial charge in [-0.2, -0.15) is 0 Å². The van der Waals surface area contributed by atoms with E-state index in [0.29, 0.717) is 23.3 Å². The van der Waals surface area contributed by atoms with E-state index >= 15 is 0 Å². The highest BCUT2D eigenvalue weighted by molar-refractivity contribution is 7.11. The summed E-state index contributed by atoms with van der Waals surface area (Å²) in [6.45, 7) is 6.49. The van der Waals surface area contributed by atoms with E-state index in [0.717, 1.165) is 32.1 Å². The van der Waals surface area contributed by atoms with Gasteiger partial charge >= 0.3 is 5.97 Å². The Labute approximate surface area is 187 Å². The molecular formula is C25H32O5S. The van der Waals surface area contributed by atoms with Gasteiger partial charge in [0.25, 0.3) is 0 Å². The van der Waals surface area contributed by atoms with Crippen LogP contribution in [0.4, 0.5) is 0 Å². The van der Waals surface area contributed by atoms with Crippen LogP contribution in [0.5, 0.6) is 0 Å². The van der Waals surface area contributed by atoms with Crippen molar-refractivity contribution >= 4 is 23.1 Å². The molecule has 5 saturated carbocycles. The van der Waals surface area contributed by atoms with E-state index < -0.39 is 16.9 Å². The maximum atomic E-state index is 13.4. The quantitative estimate of drug-likeness (QED) is 0.542. The van der Waals surface area contributed by atoms with Gasteiger partial charge in [0, 0.05) is 17.4 Å². The summed E-state index contributed by atoms with van der Waals surface area (Å²) in [6, 6.07) is 3.60. The molecule has 2 N–H and O–H groups in total. The van der Waals surface area contributed by atoms with Crippen molar-refractivity contribution in [2.75, 3.05) is 13.2 Å². The molecule has 0 aromatic carbocycles. The first-order chi connectivity index (χ1) is 14.8. The van der Waals surface area contributed by atoms with Gasteiger partial charge in [0.1, 0.15) is 4.88 Å². The smallest absolute Gasteiger partial charge is 0.348 e. The van der Waals surface area contributed by atoms with Crippen molar-refractivity contribution in [3.05, 3.63) is 34.5 Å². The van der Waals surface area contributed by atoms with Crippen LogP contribution in [-0.2, 0) is 9.53 Å². The van der Waals surface area contributed by atoms with Crippen LogP contribution in [0.15, 0.2) is 29.7 Å². The lowest BCUT2D eigenvalue weighted by Gasteiger charge is -2.68. The second kappa shape index (κ2) is 7.26. The van der Waals surface area contributed by atoms with Gasteiger partial charge in [-0.15, -0.1) is 11.3 Å². The largest absolute Gasteiger partial charge is 0.461 e. The Morgan fingerprint density at radius 1 is 1.29 bits per heavy atom. The molecule has 31 heavy (non-hydrogen) atoms. The van der Waals surface area contributed by atoms with Crippen LogP contribution >= 0.6 is 11.3 Å². The standard InChI is InChI=1S/C25H32O5S/c1-15-16-6-9-25(21(15)28)19(11-16)24(13-26)8-4-7-23(2,18(24)12-20(25)27)14-30-22(29)17-5-3-10-31-17/h3,5,10,16,18-20,26-27H,1,4,6-9,11-14H2,2H3/t16?,18?,19?,20-,23+,24+,25?/m1/s1. The normalized spacial score (nSPS) is 44.0. The van der Waals surface area contributed by atoms with Crippen molar-refractivity contribution in [2.24, 2.45) is 34.0 Å². The number of esters is 1. The second-order valence-corrected chi connectivity index (χ2v) is 11.6. The average molecular weight is 445 g/mol. The molecule has 0 radical (unpaired) electrons. The molecule has 5 aliphatic carbocycles. The van der Waals surface area contributed by atoms with Gasteiger partial charge in [-0.05, 0) is 73.3 Å². The van der Waals surface area contributed by atoms with Gasteiger partial charge in [-0.3, -0.25) is 4.79 Å². The number of allylic oxidation sites excluding steroid dienone is 1. The maximum Gasteiger partial charge on any atom is 0.348 e. The van der Waals surface area contributed by atoms with Crippen LogP contribution in [-0.4, -0.2) is 41.3 Å². The molecule has 4 unspecified atom stereocenters. The van der Waals surface area contributed by atoms with Crippen molar-refractivity contribution in [1.29, 1.82) is 0 Å². The minimum Gasteiger partial charge on any atom is -0.461 e. The second-order valence-electron chi connectivity index (χ2n) is 10.7. The molecule has 0 saturated heterocycles. The number of carbonyl (C=O) groups excluding carboxylic acids is 2. The third-order valence-electron chi connectivity index (χ3n) is 9.48. The van der Waals surface area contributed by atoms with E-state index in [1.54, 1.807) is 6.07 Å². The van der Waals surface area contributed by atoms with E-state index in [1.165, 1.54) is 11.3 Å². The molecule has 7 atom stereocenters. The molecule has 0 aliphatic heterocycles. The molecule has 168 valence electrons. The molecule has 5 nitrogen and oxygen atoms in total. The first-order valence-electron chi connectivity index (χ1n) is 11.5. The number of ketones is 1. The van der Waals surface area contributed by atoms with Gasteiger partial charge in [0.2, 0.25) is 0 Å². The zero-order chi connectivity index (χ0) is 22.0. The Hall–Kier alpha value is -1.50. The summed E-state index contributed by atoms with van der Waals surface area (Å²) in [6.07, 6.45) is 4.81. The summed E-state index contributed by atoms with van der Waals surface area (Å²) < 4.78 is 5.76. The number of rotatable bonds is 4.